The summed E-state index contributed by atoms with van der Waals surface area (Å²) >= 11 is 0. The summed E-state index contributed by atoms with van der Waals surface area (Å²) in [4.78, 5) is 14.7. The lowest BCUT2D eigenvalue weighted by molar-refractivity contribution is 0.0857. The van der Waals surface area contributed by atoms with E-state index >= 15 is 0 Å². The van der Waals surface area contributed by atoms with Crippen molar-refractivity contribution in [2.24, 2.45) is 0 Å². The Kier molecular flexibility index (Phi) is 2.80. The molecule has 2 heteroatoms. The van der Waals surface area contributed by atoms with Crippen LogP contribution in [-0.4, -0.2) is 17.4 Å². The van der Waals surface area contributed by atoms with Crippen LogP contribution >= 0.6 is 0 Å². The van der Waals surface area contributed by atoms with Crippen LogP contribution < -0.4 is 0 Å². The number of carbonyl (C=O) groups is 1. The monoisotopic (exact) mass is 287 g/mol. The second-order valence-corrected chi connectivity index (χ2v) is 6.09. The largest absolute Gasteiger partial charge is 0.325 e. The van der Waals surface area contributed by atoms with Gasteiger partial charge in [0.15, 0.2) is 0 Å². The lowest BCUT2D eigenvalue weighted by atomic mass is 10.0. The molecule has 0 saturated carbocycles. The molecule has 1 aliphatic rings. The summed E-state index contributed by atoms with van der Waals surface area (Å²) in [5.74, 6) is 0.108. The third-order valence-corrected chi connectivity index (χ3v) is 4.60. The van der Waals surface area contributed by atoms with Gasteiger partial charge in [-0.15, -0.1) is 0 Å². The van der Waals surface area contributed by atoms with Crippen molar-refractivity contribution < 1.29 is 4.79 Å². The van der Waals surface area contributed by atoms with Crippen LogP contribution in [0.15, 0.2) is 72.8 Å². The Balaban J connectivity index is 1.65. The quantitative estimate of drug-likeness (QED) is 0.646. The summed E-state index contributed by atoms with van der Waals surface area (Å²) in [6.07, 6.45) is 0. The molecule has 4 rings (SSSR count). The predicted molar refractivity (Wildman–Crippen MR) is 88.8 cm³/mol. The van der Waals surface area contributed by atoms with Crippen molar-refractivity contribution in [2.45, 2.75) is 12.5 Å². The van der Waals surface area contributed by atoms with E-state index in [1.54, 1.807) is 0 Å². The minimum atomic E-state index is -0.163. The van der Waals surface area contributed by atoms with Gasteiger partial charge in [0.2, 0.25) is 0 Å². The van der Waals surface area contributed by atoms with Gasteiger partial charge >= 0.3 is 0 Å². The first-order valence-corrected chi connectivity index (χ1v) is 7.55. The van der Waals surface area contributed by atoms with Gasteiger partial charge in [0.05, 0.1) is 5.54 Å². The molecule has 2 nitrogen and oxygen atoms in total. The van der Waals surface area contributed by atoms with E-state index < -0.39 is 0 Å². The number of rotatable bonds is 2. The maximum absolute atomic E-state index is 12.8. The molecular formula is C20H17NO. The fourth-order valence-corrected chi connectivity index (χ4v) is 3.09. The van der Waals surface area contributed by atoms with Crippen molar-refractivity contribution in [1.29, 1.82) is 0 Å². The minimum Gasteiger partial charge on any atom is -0.325 e. The van der Waals surface area contributed by atoms with Gasteiger partial charge in [-0.1, -0.05) is 60.7 Å². The van der Waals surface area contributed by atoms with Gasteiger partial charge in [0.1, 0.15) is 0 Å². The van der Waals surface area contributed by atoms with Crippen LogP contribution in [0.25, 0.3) is 10.8 Å². The van der Waals surface area contributed by atoms with Crippen LogP contribution in [0, 0.1) is 0 Å². The molecule has 0 bridgehead atoms. The highest BCUT2D eigenvalue weighted by Crippen LogP contribution is 2.43. The maximum Gasteiger partial charge on any atom is 0.254 e. The smallest absolute Gasteiger partial charge is 0.254 e. The zero-order valence-electron chi connectivity index (χ0n) is 12.5. The first-order valence-electron chi connectivity index (χ1n) is 7.55. The van der Waals surface area contributed by atoms with Crippen LogP contribution in [0.1, 0.15) is 22.8 Å². The number of hydrogen-bond donors (Lipinski definition) is 0. The maximum atomic E-state index is 12.8. The summed E-state index contributed by atoms with van der Waals surface area (Å²) in [7, 11) is 0. The Morgan fingerprint density at radius 3 is 2.36 bits per heavy atom. The Hall–Kier alpha value is -2.61. The molecular weight excluding hydrogens is 270 g/mol. The molecule has 0 radical (unpaired) electrons. The highest BCUT2D eigenvalue weighted by Gasteiger charge is 2.52. The van der Waals surface area contributed by atoms with Crippen molar-refractivity contribution >= 4 is 16.7 Å². The summed E-state index contributed by atoms with van der Waals surface area (Å²) < 4.78 is 0. The number of benzene rings is 3. The summed E-state index contributed by atoms with van der Waals surface area (Å²) in [6, 6.07) is 24.3. The van der Waals surface area contributed by atoms with E-state index in [1.807, 2.05) is 59.5 Å². The molecule has 1 atom stereocenters. The van der Waals surface area contributed by atoms with Gasteiger partial charge in [-0.2, -0.15) is 0 Å². The van der Waals surface area contributed by atoms with Crippen molar-refractivity contribution in [2.75, 3.05) is 6.54 Å². The van der Waals surface area contributed by atoms with Gasteiger partial charge in [0, 0.05) is 12.1 Å². The molecule has 3 aromatic carbocycles. The van der Waals surface area contributed by atoms with Crippen LogP contribution in [0.2, 0.25) is 0 Å². The van der Waals surface area contributed by atoms with E-state index in [1.165, 1.54) is 5.56 Å². The van der Waals surface area contributed by atoms with Gasteiger partial charge in [-0.05, 0) is 35.4 Å². The van der Waals surface area contributed by atoms with Gasteiger partial charge in [-0.25, -0.2) is 0 Å². The second kappa shape index (κ2) is 4.70. The second-order valence-electron chi connectivity index (χ2n) is 6.09. The zero-order valence-corrected chi connectivity index (χ0v) is 12.5. The summed E-state index contributed by atoms with van der Waals surface area (Å²) in [5, 5.41) is 2.27. The number of carbonyl (C=O) groups excluding carboxylic acids is 1. The number of nitrogens with zero attached hydrogens (tertiary/aromatic N) is 1. The highest BCUT2D eigenvalue weighted by molar-refractivity contribution is 6.00. The normalized spacial score (nSPS) is 20.1. The van der Waals surface area contributed by atoms with Gasteiger partial charge in [-0.3, -0.25) is 4.79 Å². The molecule has 22 heavy (non-hydrogen) atoms. The Morgan fingerprint density at radius 1 is 0.909 bits per heavy atom. The first-order chi connectivity index (χ1) is 10.7. The molecule has 1 saturated heterocycles. The zero-order chi connectivity index (χ0) is 15.2. The Bertz CT molecular complexity index is 856. The van der Waals surface area contributed by atoms with E-state index in [9.17, 15) is 4.79 Å². The number of fused-ring (bicyclic) bond motifs is 1. The van der Waals surface area contributed by atoms with E-state index in [0.29, 0.717) is 0 Å². The average Bonchev–Trinajstić information content (AvgIpc) is 3.28. The first kappa shape index (κ1) is 13.1. The van der Waals surface area contributed by atoms with Crippen LogP contribution in [0.5, 0.6) is 0 Å². The van der Waals surface area contributed by atoms with Crippen LogP contribution in [0.3, 0.4) is 0 Å². The summed E-state index contributed by atoms with van der Waals surface area (Å²) in [6.45, 7) is 2.91. The van der Waals surface area contributed by atoms with Crippen molar-refractivity contribution in [3.63, 3.8) is 0 Å². The Morgan fingerprint density at radius 2 is 1.59 bits per heavy atom. The lowest BCUT2D eigenvalue weighted by Gasteiger charge is -2.13. The van der Waals surface area contributed by atoms with E-state index in [4.69, 9.17) is 0 Å². The van der Waals surface area contributed by atoms with Crippen molar-refractivity contribution in [3.8, 4) is 0 Å². The molecule has 1 aliphatic heterocycles. The van der Waals surface area contributed by atoms with Crippen LogP contribution in [-0.2, 0) is 5.54 Å². The molecule has 108 valence electrons. The number of amides is 1. The van der Waals surface area contributed by atoms with Crippen LogP contribution in [0.4, 0.5) is 0 Å². The lowest BCUT2D eigenvalue weighted by Crippen LogP contribution is -2.19. The molecule has 0 spiro atoms. The molecule has 1 unspecified atom stereocenters. The highest BCUT2D eigenvalue weighted by atomic mass is 16.2. The molecule has 1 fully saturated rings. The SMILES string of the molecule is CC1(c2ccccc2)CN1C(=O)c1ccc2ccccc2c1. The summed E-state index contributed by atoms with van der Waals surface area (Å²) in [5.41, 5.74) is 1.80. The minimum absolute atomic E-state index is 0.108. The average molecular weight is 287 g/mol. The molecule has 0 N–H and O–H groups in total. The standard InChI is InChI=1S/C20H17NO/c1-20(18-9-3-2-4-10-18)14-21(20)19(22)17-12-11-15-7-5-6-8-16(15)13-17/h2-13H,14H2,1H3. The van der Waals surface area contributed by atoms with E-state index in [2.05, 4.69) is 25.1 Å². The predicted octanol–water partition coefficient (Wildman–Crippen LogP) is 4.21. The van der Waals surface area contributed by atoms with E-state index in [-0.39, 0.29) is 11.4 Å². The van der Waals surface area contributed by atoms with Gasteiger partial charge < -0.3 is 4.90 Å². The van der Waals surface area contributed by atoms with Gasteiger partial charge in [0.25, 0.3) is 5.91 Å². The molecule has 3 aromatic rings. The molecule has 0 aromatic heterocycles. The fourth-order valence-electron chi connectivity index (χ4n) is 3.09. The third kappa shape index (κ3) is 2.00. The van der Waals surface area contributed by atoms with Crippen molar-refractivity contribution in [3.05, 3.63) is 83.9 Å². The van der Waals surface area contributed by atoms with Crippen molar-refractivity contribution in [1.82, 2.24) is 4.90 Å². The Labute approximate surface area is 130 Å². The number of hydrogen-bond acceptors (Lipinski definition) is 1. The fraction of sp³-hybridized carbons (Fsp3) is 0.150. The van der Waals surface area contributed by atoms with E-state index in [0.717, 1.165) is 22.9 Å². The topological polar surface area (TPSA) is 20.1 Å². The third-order valence-electron chi connectivity index (χ3n) is 4.60. The molecule has 0 aliphatic carbocycles. The molecule has 1 amide bonds. The molecule has 1 heterocycles.